The van der Waals surface area contributed by atoms with E-state index < -0.39 is 17.5 Å². The van der Waals surface area contributed by atoms with Gasteiger partial charge in [-0.25, -0.2) is 4.79 Å². The Bertz CT molecular complexity index is 335. The molecule has 0 bridgehead atoms. The van der Waals surface area contributed by atoms with Crippen LogP contribution in [0.2, 0.25) is 0 Å². The molecule has 1 saturated heterocycles. The molecule has 0 radical (unpaired) electrons. The quantitative estimate of drug-likeness (QED) is 0.658. The van der Waals surface area contributed by atoms with Gasteiger partial charge in [0.05, 0.1) is 0 Å². The summed E-state index contributed by atoms with van der Waals surface area (Å²) in [5.41, 5.74) is 4.18. The van der Waals surface area contributed by atoms with Crippen LogP contribution in [0.25, 0.3) is 0 Å². The van der Waals surface area contributed by atoms with Crippen molar-refractivity contribution in [1.29, 1.82) is 0 Å². The lowest BCUT2D eigenvalue weighted by molar-refractivity contribution is -0.134. The predicted octanol–water partition coefficient (Wildman–Crippen LogP) is 0.363. The molecule has 4 amide bonds. The zero-order chi connectivity index (χ0) is 13.1. The first-order valence-corrected chi connectivity index (χ1v) is 5.89. The summed E-state index contributed by atoms with van der Waals surface area (Å²) < 4.78 is 0. The number of hydrogen-bond donors (Lipinski definition) is 2. The van der Waals surface area contributed by atoms with Crippen LogP contribution in [0.15, 0.2) is 0 Å². The van der Waals surface area contributed by atoms with Crippen LogP contribution in [-0.4, -0.2) is 34.8 Å². The summed E-state index contributed by atoms with van der Waals surface area (Å²) >= 11 is 0. The number of carbonyl (C=O) groups is 3. The second-order valence-electron chi connectivity index (χ2n) is 4.37. The first-order valence-electron chi connectivity index (χ1n) is 5.89. The Morgan fingerprint density at radius 3 is 2.24 bits per heavy atom. The van der Waals surface area contributed by atoms with Crippen molar-refractivity contribution < 1.29 is 14.4 Å². The number of nitrogens with zero attached hydrogens (tertiary/aromatic N) is 1. The molecular formula is C11H19N3O3. The van der Waals surface area contributed by atoms with Crippen LogP contribution in [0, 0.1) is 0 Å². The monoisotopic (exact) mass is 241 g/mol. The summed E-state index contributed by atoms with van der Waals surface area (Å²) in [7, 11) is 0. The average Bonchev–Trinajstić information content (AvgIpc) is 2.44. The molecule has 1 rings (SSSR count). The van der Waals surface area contributed by atoms with Gasteiger partial charge >= 0.3 is 6.03 Å². The topological polar surface area (TPSA) is 92.5 Å². The summed E-state index contributed by atoms with van der Waals surface area (Å²) in [5.74, 6) is -1.01. The van der Waals surface area contributed by atoms with Crippen molar-refractivity contribution in [1.82, 2.24) is 10.2 Å². The number of urea groups is 1. The zero-order valence-electron chi connectivity index (χ0n) is 10.3. The van der Waals surface area contributed by atoms with Gasteiger partial charge in [0.1, 0.15) is 12.1 Å². The molecule has 0 aliphatic carbocycles. The fourth-order valence-corrected chi connectivity index (χ4v) is 2.29. The van der Waals surface area contributed by atoms with Gasteiger partial charge in [0, 0.05) is 0 Å². The minimum absolute atomic E-state index is 0.329. The fraction of sp³-hybridized carbons (Fsp3) is 0.727. The highest BCUT2D eigenvalue weighted by Crippen LogP contribution is 2.27. The Morgan fingerprint density at radius 1 is 1.29 bits per heavy atom. The number of carbonyl (C=O) groups excluding carboxylic acids is 3. The van der Waals surface area contributed by atoms with E-state index in [2.05, 4.69) is 5.32 Å². The predicted molar refractivity (Wildman–Crippen MR) is 62.0 cm³/mol. The highest BCUT2D eigenvalue weighted by atomic mass is 16.2. The van der Waals surface area contributed by atoms with Crippen LogP contribution in [0.1, 0.15) is 39.5 Å². The lowest BCUT2D eigenvalue weighted by atomic mass is 9.88. The van der Waals surface area contributed by atoms with Crippen molar-refractivity contribution in [3.63, 3.8) is 0 Å². The van der Waals surface area contributed by atoms with Crippen molar-refractivity contribution >= 4 is 17.8 Å². The van der Waals surface area contributed by atoms with E-state index in [1.165, 1.54) is 0 Å². The first kappa shape index (κ1) is 13.5. The SMILES string of the molecule is CCCC1(CCC)NC(=O)N(CC(N)=O)C1=O. The maximum absolute atomic E-state index is 12.2. The maximum atomic E-state index is 12.2. The third-order valence-corrected chi connectivity index (χ3v) is 2.91. The lowest BCUT2D eigenvalue weighted by Crippen LogP contribution is -2.47. The van der Waals surface area contributed by atoms with E-state index in [1.54, 1.807) is 0 Å². The number of imide groups is 1. The Morgan fingerprint density at radius 2 is 1.82 bits per heavy atom. The highest BCUT2D eigenvalue weighted by Gasteiger charge is 2.49. The molecule has 0 spiro atoms. The Balaban J connectivity index is 2.92. The van der Waals surface area contributed by atoms with E-state index in [1.807, 2.05) is 13.8 Å². The molecule has 0 saturated carbocycles. The van der Waals surface area contributed by atoms with E-state index in [9.17, 15) is 14.4 Å². The average molecular weight is 241 g/mol. The Hall–Kier alpha value is -1.59. The molecule has 96 valence electrons. The third-order valence-electron chi connectivity index (χ3n) is 2.91. The minimum atomic E-state index is -0.837. The van der Waals surface area contributed by atoms with Crippen molar-refractivity contribution in [2.24, 2.45) is 5.73 Å². The minimum Gasteiger partial charge on any atom is -0.368 e. The number of hydrogen-bond acceptors (Lipinski definition) is 3. The molecule has 1 aliphatic heterocycles. The van der Waals surface area contributed by atoms with Crippen LogP contribution in [0.3, 0.4) is 0 Å². The van der Waals surface area contributed by atoms with Gasteiger partial charge in [0.15, 0.2) is 0 Å². The van der Waals surface area contributed by atoms with E-state index in [4.69, 9.17) is 5.73 Å². The van der Waals surface area contributed by atoms with Crippen LogP contribution in [-0.2, 0) is 9.59 Å². The Kier molecular flexibility index (Phi) is 4.09. The second-order valence-corrected chi connectivity index (χ2v) is 4.37. The lowest BCUT2D eigenvalue weighted by Gasteiger charge is -2.25. The smallest absolute Gasteiger partial charge is 0.325 e. The van der Waals surface area contributed by atoms with Gasteiger partial charge < -0.3 is 11.1 Å². The molecule has 17 heavy (non-hydrogen) atoms. The van der Waals surface area contributed by atoms with Crippen LogP contribution < -0.4 is 11.1 Å². The molecular weight excluding hydrogens is 222 g/mol. The number of rotatable bonds is 6. The Labute approximate surface area is 101 Å². The fourth-order valence-electron chi connectivity index (χ4n) is 2.29. The molecule has 0 atom stereocenters. The normalized spacial score (nSPS) is 18.4. The zero-order valence-corrected chi connectivity index (χ0v) is 10.3. The maximum Gasteiger partial charge on any atom is 0.325 e. The summed E-state index contributed by atoms with van der Waals surface area (Å²) in [6.07, 6.45) is 2.74. The van der Waals surface area contributed by atoms with Gasteiger partial charge in [0.25, 0.3) is 5.91 Å². The molecule has 0 aromatic rings. The molecule has 3 N–H and O–H groups in total. The molecule has 6 heteroatoms. The van der Waals surface area contributed by atoms with Crippen molar-refractivity contribution in [3.05, 3.63) is 0 Å². The molecule has 0 aromatic heterocycles. The van der Waals surface area contributed by atoms with Gasteiger partial charge in [0.2, 0.25) is 5.91 Å². The van der Waals surface area contributed by atoms with Crippen LogP contribution in [0.5, 0.6) is 0 Å². The molecule has 0 unspecified atom stereocenters. The van der Waals surface area contributed by atoms with Crippen molar-refractivity contribution in [2.45, 2.75) is 45.1 Å². The molecule has 6 nitrogen and oxygen atoms in total. The largest absolute Gasteiger partial charge is 0.368 e. The van der Waals surface area contributed by atoms with Crippen molar-refractivity contribution in [2.75, 3.05) is 6.54 Å². The summed E-state index contributed by atoms with van der Waals surface area (Å²) in [5, 5.41) is 2.70. The number of nitrogens with one attached hydrogen (secondary N) is 1. The van der Waals surface area contributed by atoms with Crippen LogP contribution in [0.4, 0.5) is 4.79 Å². The van der Waals surface area contributed by atoms with Gasteiger partial charge in [-0.15, -0.1) is 0 Å². The van der Waals surface area contributed by atoms with Crippen molar-refractivity contribution in [3.8, 4) is 0 Å². The van der Waals surface area contributed by atoms with E-state index in [-0.39, 0.29) is 12.5 Å². The van der Waals surface area contributed by atoms with Gasteiger partial charge in [-0.1, -0.05) is 26.7 Å². The first-order chi connectivity index (χ1) is 7.96. The second kappa shape index (κ2) is 5.16. The third kappa shape index (κ3) is 2.57. The summed E-state index contributed by atoms with van der Waals surface area (Å²) in [6, 6.07) is -0.518. The summed E-state index contributed by atoms with van der Waals surface area (Å²) in [4.78, 5) is 35.6. The van der Waals surface area contributed by atoms with Crippen LogP contribution >= 0.6 is 0 Å². The number of primary amides is 1. The number of nitrogens with two attached hydrogens (primary N) is 1. The van der Waals surface area contributed by atoms with E-state index in [0.29, 0.717) is 12.8 Å². The van der Waals surface area contributed by atoms with Gasteiger partial charge in [-0.2, -0.15) is 0 Å². The van der Waals surface area contributed by atoms with E-state index >= 15 is 0 Å². The van der Waals surface area contributed by atoms with E-state index in [0.717, 1.165) is 17.7 Å². The highest BCUT2D eigenvalue weighted by molar-refractivity contribution is 6.08. The summed E-state index contributed by atoms with van der Waals surface area (Å²) in [6.45, 7) is 3.56. The standard InChI is InChI=1S/C11H19N3O3/c1-3-5-11(6-4-2)9(16)14(7-8(12)15)10(17)13-11/h3-7H2,1-2H3,(H2,12,15)(H,13,17). The molecule has 1 heterocycles. The van der Waals surface area contributed by atoms with Gasteiger partial charge in [-0.05, 0) is 12.8 Å². The molecule has 1 aliphatic rings. The molecule has 1 fully saturated rings. The molecule has 0 aromatic carbocycles. The number of amides is 4. The van der Waals surface area contributed by atoms with Gasteiger partial charge in [-0.3, -0.25) is 14.5 Å².